The van der Waals surface area contributed by atoms with E-state index in [9.17, 15) is 0 Å². The summed E-state index contributed by atoms with van der Waals surface area (Å²) in [6.45, 7) is 3.32. The first-order valence-corrected chi connectivity index (χ1v) is 3.23. The van der Waals surface area contributed by atoms with Crippen molar-refractivity contribution in [2.45, 2.75) is 6.04 Å². The van der Waals surface area contributed by atoms with Crippen molar-refractivity contribution in [2.24, 2.45) is 0 Å². The smallest absolute Gasteiger partial charge is 0.0642 e. The molecule has 1 saturated heterocycles. The summed E-state index contributed by atoms with van der Waals surface area (Å²) < 4.78 is 10.1. The first kappa shape index (κ1) is 10.2. The van der Waals surface area contributed by atoms with Crippen molar-refractivity contribution in [2.75, 3.05) is 33.5 Å². The Balaban J connectivity index is 0.000000810. The monoisotopic (exact) mass is 167 g/mol. The van der Waals surface area contributed by atoms with Crippen LogP contribution < -0.4 is 5.32 Å². The molecule has 1 N–H and O–H groups in total. The van der Waals surface area contributed by atoms with Crippen LogP contribution in [0, 0.1) is 0 Å². The molecule has 4 heteroatoms. The number of methoxy groups -OCH3 is 1. The summed E-state index contributed by atoms with van der Waals surface area (Å²) in [6.07, 6.45) is 0. The van der Waals surface area contributed by atoms with Gasteiger partial charge in [0.1, 0.15) is 0 Å². The van der Waals surface area contributed by atoms with Crippen molar-refractivity contribution >= 4 is 12.4 Å². The first-order chi connectivity index (χ1) is 4.43. The average molecular weight is 168 g/mol. The SMILES string of the molecule is COCC1COCCN1.Cl. The molecule has 1 fully saturated rings. The lowest BCUT2D eigenvalue weighted by molar-refractivity contribution is 0.0432. The van der Waals surface area contributed by atoms with Crippen molar-refractivity contribution in [3.63, 3.8) is 0 Å². The van der Waals surface area contributed by atoms with Crippen LogP contribution in [0.25, 0.3) is 0 Å². The van der Waals surface area contributed by atoms with Gasteiger partial charge in [-0.05, 0) is 0 Å². The Morgan fingerprint density at radius 3 is 3.00 bits per heavy atom. The summed E-state index contributed by atoms with van der Waals surface area (Å²) in [5.74, 6) is 0. The quantitative estimate of drug-likeness (QED) is 0.630. The Labute approximate surface area is 67.5 Å². The number of ether oxygens (including phenoxy) is 2. The molecule has 3 nitrogen and oxygen atoms in total. The average Bonchev–Trinajstić information content (AvgIpc) is 1.91. The molecule has 1 rings (SSSR count). The highest BCUT2D eigenvalue weighted by Crippen LogP contribution is 1.91. The molecule has 1 heterocycles. The van der Waals surface area contributed by atoms with E-state index in [0.29, 0.717) is 6.04 Å². The molecular weight excluding hydrogens is 154 g/mol. The minimum atomic E-state index is 0. The highest BCUT2D eigenvalue weighted by atomic mass is 35.5. The van der Waals surface area contributed by atoms with Gasteiger partial charge in [0.05, 0.1) is 25.9 Å². The van der Waals surface area contributed by atoms with Crippen molar-refractivity contribution < 1.29 is 9.47 Å². The maximum Gasteiger partial charge on any atom is 0.0642 e. The highest BCUT2D eigenvalue weighted by Gasteiger charge is 2.10. The second-order valence-electron chi connectivity index (χ2n) is 2.18. The topological polar surface area (TPSA) is 30.5 Å². The van der Waals surface area contributed by atoms with Crippen molar-refractivity contribution in [3.05, 3.63) is 0 Å². The fraction of sp³-hybridized carbons (Fsp3) is 1.00. The van der Waals surface area contributed by atoms with Crippen molar-refractivity contribution in [1.82, 2.24) is 5.32 Å². The second kappa shape index (κ2) is 5.92. The number of hydrogen-bond acceptors (Lipinski definition) is 3. The van der Waals surface area contributed by atoms with E-state index in [0.717, 1.165) is 26.4 Å². The van der Waals surface area contributed by atoms with Gasteiger partial charge >= 0.3 is 0 Å². The minimum absolute atomic E-state index is 0. The molecule has 0 aromatic carbocycles. The van der Waals surface area contributed by atoms with Crippen LogP contribution in [0.5, 0.6) is 0 Å². The second-order valence-corrected chi connectivity index (χ2v) is 2.18. The van der Waals surface area contributed by atoms with Crippen LogP contribution in [0.2, 0.25) is 0 Å². The summed E-state index contributed by atoms with van der Waals surface area (Å²) in [5, 5.41) is 3.27. The maximum absolute atomic E-state index is 5.19. The van der Waals surface area contributed by atoms with E-state index in [4.69, 9.17) is 9.47 Å². The van der Waals surface area contributed by atoms with Crippen molar-refractivity contribution in [1.29, 1.82) is 0 Å². The van der Waals surface area contributed by atoms with Gasteiger partial charge in [-0.15, -0.1) is 12.4 Å². The van der Waals surface area contributed by atoms with Gasteiger partial charge in [-0.2, -0.15) is 0 Å². The summed E-state index contributed by atoms with van der Waals surface area (Å²) >= 11 is 0. The van der Waals surface area contributed by atoms with E-state index in [2.05, 4.69) is 5.32 Å². The standard InChI is InChI=1S/C6H13NO2.ClH/c1-8-4-6-5-9-3-2-7-6;/h6-7H,2-5H2,1H3;1H. The lowest BCUT2D eigenvalue weighted by Crippen LogP contribution is -2.43. The molecule has 0 radical (unpaired) electrons. The Kier molecular flexibility index (Phi) is 6.02. The number of nitrogens with one attached hydrogen (secondary N) is 1. The number of rotatable bonds is 2. The summed E-state index contributed by atoms with van der Waals surface area (Å²) in [4.78, 5) is 0. The molecule has 10 heavy (non-hydrogen) atoms. The molecule has 0 aliphatic carbocycles. The molecule has 0 spiro atoms. The molecule has 0 aromatic rings. The van der Waals surface area contributed by atoms with Crippen LogP contribution in [-0.4, -0.2) is 39.5 Å². The van der Waals surface area contributed by atoms with Crippen LogP contribution in [0.1, 0.15) is 0 Å². The zero-order valence-electron chi connectivity index (χ0n) is 6.13. The fourth-order valence-corrected chi connectivity index (χ4v) is 0.928. The van der Waals surface area contributed by atoms with E-state index in [1.807, 2.05) is 0 Å². The predicted octanol–water partition coefficient (Wildman–Crippen LogP) is 0.0430. The van der Waals surface area contributed by atoms with E-state index >= 15 is 0 Å². The van der Waals surface area contributed by atoms with Gasteiger partial charge in [0.25, 0.3) is 0 Å². The minimum Gasteiger partial charge on any atom is -0.383 e. The fourth-order valence-electron chi connectivity index (χ4n) is 0.928. The maximum atomic E-state index is 5.19. The molecule has 1 unspecified atom stereocenters. The lowest BCUT2D eigenvalue weighted by Gasteiger charge is -2.22. The Bertz CT molecular complexity index is 73.4. The van der Waals surface area contributed by atoms with Gasteiger partial charge in [0.15, 0.2) is 0 Å². The van der Waals surface area contributed by atoms with Crippen LogP contribution in [0.4, 0.5) is 0 Å². The molecule has 0 bridgehead atoms. The molecule has 1 atom stereocenters. The molecule has 0 saturated carbocycles. The predicted molar refractivity (Wildman–Crippen MR) is 41.7 cm³/mol. The van der Waals surface area contributed by atoms with Crippen LogP contribution >= 0.6 is 12.4 Å². The highest BCUT2D eigenvalue weighted by molar-refractivity contribution is 5.85. The van der Waals surface area contributed by atoms with Gasteiger partial charge in [0, 0.05) is 13.7 Å². The third-order valence-electron chi connectivity index (χ3n) is 1.37. The molecule has 0 aromatic heterocycles. The Morgan fingerprint density at radius 2 is 2.50 bits per heavy atom. The zero-order valence-corrected chi connectivity index (χ0v) is 6.95. The Morgan fingerprint density at radius 1 is 1.70 bits per heavy atom. The molecule has 1 aliphatic heterocycles. The van der Waals surface area contributed by atoms with E-state index < -0.39 is 0 Å². The van der Waals surface area contributed by atoms with Crippen LogP contribution in [0.15, 0.2) is 0 Å². The number of halogens is 1. The summed E-state index contributed by atoms with van der Waals surface area (Å²) in [7, 11) is 1.70. The van der Waals surface area contributed by atoms with Gasteiger partial charge in [0.2, 0.25) is 0 Å². The number of morpholine rings is 1. The first-order valence-electron chi connectivity index (χ1n) is 3.23. The summed E-state index contributed by atoms with van der Waals surface area (Å²) in [6, 6.07) is 0.406. The number of hydrogen-bond donors (Lipinski definition) is 1. The molecular formula is C6H14ClNO2. The van der Waals surface area contributed by atoms with Gasteiger partial charge in [-0.25, -0.2) is 0 Å². The van der Waals surface area contributed by atoms with Gasteiger partial charge < -0.3 is 14.8 Å². The third-order valence-corrected chi connectivity index (χ3v) is 1.37. The van der Waals surface area contributed by atoms with Crippen molar-refractivity contribution in [3.8, 4) is 0 Å². The molecule has 62 valence electrons. The largest absolute Gasteiger partial charge is 0.383 e. The van der Waals surface area contributed by atoms with Gasteiger partial charge in [-0.3, -0.25) is 0 Å². The van der Waals surface area contributed by atoms with Crippen LogP contribution in [-0.2, 0) is 9.47 Å². The molecule has 0 amide bonds. The van der Waals surface area contributed by atoms with E-state index in [1.54, 1.807) is 7.11 Å². The normalized spacial score (nSPS) is 25.5. The summed E-state index contributed by atoms with van der Waals surface area (Å²) in [5.41, 5.74) is 0. The van der Waals surface area contributed by atoms with E-state index in [1.165, 1.54) is 0 Å². The molecule has 1 aliphatic rings. The van der Waals surface area contributed by atoms with E-state index in [-0.39, 0.29) is 12.4 Å². The zero-order chi connectivity index (χ0) is 6.53. The Hall–Kier alpha value is 0.170. The van der Waals surface area contributed by atoms with Gasteiger partial charge in [-0.1, -0.05) is 0 Å². The lowest BCUT2D eigenvalue weighted by atomic mass is 10.3. The van der Waals surface area contributed by atoms with Crippen LogP contribution in [0.3, 0.4) is 0 Å². The third kappa shape index (κ3) is 3.37.